The summed E-state index contributed by atoms with van der Waals surface area (Å²) in [5.41, 5.74) is 3.31. The number of unbranched alkanes of at least 4 members (excludes halogenated alkanes) is 2. The number of hydrogen-bond donors (Lipinski definition) is 1. The van der Waals surface area contributed by atoms with Gasteiger partial charge in [0.1, 0.15) is 0 Å². The molecule has 0 radical (unpaired) electrons. The van der Waals surface area contributed by atoms with Crippen molar-refractivity contribution in [1.82, 2.24) is 5.32 Å². The Hall–Kier alpha value is -2.38. The average Bonchev–Trinajstić information content (AvgIpc) is 2.79. The van der Waals surface area contributed by atoms with Crippen LogP contribution >= 0.6 is 0 Å². The average molecular weight is 431 g/mol. The second-order valence-corrected chi connectivity index (χ2v) is 9.51. The summed E-state index contributed by atoms with van der Waals surface area (Å²) in [5.74, 6) is -0.152. The number of esters is 1. The number of fused-ring (bicyclic) bond motifs is 2. The van der Waals surface area contributed by atoms with Gasteiger partial charge in [-0.3, -0.25) is 9.10 Å². The number of carbonyl (C=O) groups is 1. The van der Waals surface area contributed by atoms with Crippen LogP contribution in [0.5, 0.6) is 0 Å². The molecule has 0 spiro atoms. The lowest BCUT2D eigenvalue weighted by molar-refractivity contribution is -0.143. The first-order chi connectivity index (χ1) is 14.4. The van der Waals surface area contributed by atoms with Gasteiger partial charge in [0.15, 0.2) is 0 Å². The summed E-state index contributed by atoms with van der Waals surface area (Å²) in [5, 5.41) is 3.56. The van der Waals surface area contributed by atoms with Crippen LogP contribution in [0.2, 0.25) is 0 Å². The SMILES string of the molecule is CCOC(=O)CCCCCNC1c2ccccc2N(C)S(=O)(=O)c2cc(C)ccc21. The number of rotatable bonds is 8. The van der Waals surface area contributed by atoms with E-state index in [1.807, 2.05) is 50.2 Å². The number of nitrogens with zero attached hydrogens (tertiary/aromatic N) is 1. The monoisotopic (exact) mass is 430 g/mol. The molecule has 7 heteroatoms. The number of para-hydroxylation sites is 1. The molecule has 1 unspecified atom stereocenters. The summed E-state index contributed by atoms with van der Waals surface area (Å²) in [6.45, 7) is 4.85. The van der Waals surface area contributed by atoms with E-state index in [0.717, 1.165) is 42.5 Å². The lowest BCUT2D eigenvalue weighted by atomic mass is 9.96. The molecule has 0 fully saturated rings. The van der Waals surface area contributed by atoms with Crippen LogP contribution < -0.4 is 9.62 Å². The predicted octanol–water partition coefficient (Wildman–Crippen LogP) is 3.94. The van der Waals surface area contributed by atoms with E-state index >= 15 is 0 Å². The van der Waals surface area contributed by atoms with Gasteiger partial charge in [-0.05, 0) is 62.1 Å². The third-order valence-corrected chi connectivity index (χ3v) is 7.24. The van der Waals surface area contributed by atoms with E-state index in [2.05, 4.69) is 5.32 Å². The summed E-state index contributed by atoms with van der Waals surface area (Å²) in [6.07, 6.45) is 3.01. The number of sulfonamides is 1. The smallest absolute Gasteiger partial charge is 0.305 e. The number of carbonyl (C=O) groups excluding carboxylic acids is 1. The molecule has 2 aromatic rings. The third-order valence-electron chi connectivity index (χ3n) is 5.42. The molecule has 0 aromatic heterocycles. The standard InChI is InChI=1S/C23H30N2O4S/c1-4-29-22(26)12-6-5-9-15-24-23-18-10-7-8-11-20(18)25(3)30(27,28)21-16-17(2)13-14-19(21)23/h7-8,10-11,13-14,16,23-24H,4-6,9,12,15H2,1-3H3. The van der Waals surface area contributed by atoms with Gasteiger partial charge in [-0.1, -0.05) is 36.8 Å². The van der Waals surface area contributed by atoms with Crippen LogP contribution in [0, 0.1) is 6.92 Å². The summed E-state index contributed by atoms with van der Waals surface area (Å²) in [4.78, 5) is 11.8. The van der Waals surface area contributed by atoms with Crippen molar-refractivity contribution < 1.29 is 17.9 Å². The highest BCUT2D eigenvalue weighted by atomic mass is 32.2. The van der Waals surface area contributed by atoms with Gasteiger partial charge in [-0.2, -0.15) is 0 Å². The second kappa shape index (κ2) is 9.62. The summed E-state index contributed by atoms with van der Waals surface area (Å²) < 4.78 is 32.9. The highest BCUT2D eigenvalue weighted by molar-refractivity contribution is 7.92. The van der Waals surface area contributed by atoms with Gasteiger partial charge in [0.25, 0.3) is 10.0 Å². The van der Waals surface area contributed by atoms with E-state index in [-0.39, 0.29) is 12.0 Å². The third kappa shape index (κ3) is 4.68. The molecule has 0 saturated heterocycles. The van der Waals surface area contributed by atoms with Crippen molar-refractivity contribution in [3.05, 3.63) is 59.2 Å². The molecule has 3 rings (SSSR count). The van der Waals surface area contributed by atoms with Gasteiger partial charge >= 0.3 is 5.97 Å². The topological polar surface area (TPSA) is 75.7 Å². The number of anilines is 1. The maximum absolute atomic E-state index is 13.3. The van der Waals surface area contributed by atoms with E-state index in [0.29, 0.717) is 23.6 Å². The maximum atomic E-state index is 13.3. The molecule has 1 atom stereocenters. The summed E-state index contributed by atoms with van der Waals surface area (Å²) >= 11 is 0. The minimum atomic E-state index is -3.64. The van der Waals surface area contributed by atoms with Gasteiger partial charge in [0, 0.05) is 13.5 Å². The quantitative estimate of drug-likeness (QED) is 0.507. The summed E-state index contributed by atoms with van der Waals surface area (Å²) in [7, 11) is -2.03. The lowest BCUT2D eigenvalue weighted by Gasteiger charge is -2.22. The second-order valence-electron chi connectivity index (χ2n) is 7.58. The van der Waals surface area contributed by atoms with Crippen molar-refractivity contribution in [1.29, 1.82) is 0 Å². The minimum Gasteiger partial charge on any atom is -0.466 e. The minimum absolute atomic E-state index is 0.152. The number of aryl methyl sites for hydroxylation is 1. The number of nitrogens with one attached hydrogen (secondary N) is 1. The Balaban J connectivity index is 1.80. The molecule has 6 nitrogen and oxygen atoms in total. The van der Waals surface area contributed by atoms with Gasteiger partial charge in [0.05, 0.1) is 23.2 Å². The van der Waals surface area contributed by atoms with Crippen molar-refractivity contribution in [2.24, 2.45) is 0 Å². The highest BCUT2D eigenvalue weighted by Crippen LogP contribution is 2.40. The van der Waals surface area contributed by atoms with Crippen LogP contribution in [0.3, 0.4) is 0 Å². The van der Waals surface area contributed by atoms with Gasteiger partial charge < -0.3 is 10.1 Å². The Labute approximate surface area is 179 Å². The highest BCUT2D eigenvalue weighted by Gasteiger charge is 2.34. The number of benzene rings is 2. The Morgan fingerprint density at radius 2 is 1.87 bits per heavy atom. The fourth-order valence-corrected chi connectivity index (χ4v) is 5.38. The van der Waals surface area contributed by atoms with Gasteiger partial charge in [-0.25, -0.2) is 8.42 Å². The van der Waals surface area contributed by atoms with Crippen LogP contribution in [-0.4, -0.2) is 34.6 Å². The van der Waals surface area contributed by atoms with E-state index in [1.54, 1.807) is 13.1 Å². The molecule has 0 amide bonds. The molecule has 1 aliphatic rings. The molecule has 1 heterocycles. The molecule has 1 aliphatic heterocycles. The van der Waals surface area contributed by atoms with Crippen molar-refractivity contribution in [2.75, 3.05) is 24.5 Å². The Morgan fingerprint density at radius 3 is 2.63 bits per heavy atom. The molecule has 2 aromatic carbocycles. The van der Waals surface area contributed by atoms with Crippen molar-refractivity contribution in [3.63, 3.8) is 0 Å². The Kier molecular flexibility index (Phi) is 7.15. The zero-order chi connectivity index (χ0) is 21.7. The van der Waals surface area contributed by atoms with Crippen molar-refractivity contribution in [2.45, 2.75) is 50.5 Å². The van der Waals surface area contributed by atoms with Crippen molar-refractivity contribution in [3.8, 4) is 0 Å². The van der Waals surface area contributed by atoms with Crippen LogP contribution in [0.1, 0.15) is 55.3 Å². The van der Waals surface area contributed by atoms with Crippen LogP contribution in [0.25, 0.3) is 0 Å². The molecule has 162 valence electrons. The molecule has 0 aliphatic carbocycles. The molecule has 30 heavy (non-hydrogen) atoms. The molecular weight excluding hydrogens is 400 g/mol. The van der Waals surface area contributed by atoms with E-state index in [4.69, 9.17) is 4.74 Å². The van der Waals surface area contributed by atoms with E-state index in [9.17, 15) is 13.2 Å². The maximum Gasteiger partial charge on any atom is 0.305 e. The predicted molar refractivity (Wildman–Crippen MR) is 118 cm³/mol. The lowest BCUT2D eigenvalue weighted by Crippen LogP contribution is -2.26. The summed E-state index contributed by atoms with van der Waals surface area (Å²) in [6, 6.07) is 13.0. The zero-order valence-corrected chi connectivity index (χ0v) is 18.7. The van der Waals surface area contributed by atoms with Crippen LogP contribution in [0.4, 0.5) is 5.69 Å². The van der Waals surface area contributed by atoms with Gasteiger partial charge in [-0.15, -0.1) is 0 Å². The molecular formula is C23H30N2O4S. The first-order valence-corrected chi connectivity index (χ1v) is 11.9. The molecule has 1 N–H and O–H groups in total. The van der Waals surface area contributed by atoms with Crippen LogP contribution in [0.15, 0.2) is 47.4 Å². The number of hydrogen-bond acceptors (Lipinski definition) is 5. The molecule has 0 saturated carbocycles. The Bertz CT molecular complexity index is 1000. The fourth-order valence-electron chi connectivity index (χ4n) is 3.84. The van der Waals surface area contributed by atoms with E-state index < -0.39 is 10.0 Å². The number of ether oxygens (including phenoxy) is 1. The first kappa shape index (κ1) is 22.3. The Morgan fingerprint density at radius 1 is 1.10 bits per heavy atom. The van der Waals surface area contributed by atoms with Gasteiger partial charge in [0.2, 0.25) is 0 Å². The largest absolute Gasteiger partial charge is 0.466 e. The van der Waals surface area contributed by atoms with E-state index in [1.165, 1.54) is 4.31 Å². The normalized spacial score (nSPS) is 17.0. The van der Waals surface area contributed by atoms with Crippen molar-refractivity contribution >= 4 is 21.7 Å². The van der Waals surface area contributed by atoms with Crippen LogP contribution in [-0.2, 0) is 19.6 Å². The molecule has 0 bridgehead atoms. The zero-order valence-electron chi connectivity index (χ0n) is 17.8. The fraction of sp³-hybridized carbons (Fsp3) is 0.435. The first-order valence-electron chi connectivity index (χ1n) is 10.4.